The van der Waals surface area contributed by atoms with E-state index in [1.54, 1.807) is 11.0 Å². The lowest BCUT2D eigenvalue weighted by atomic mass is 10.0. The minimum atomic E-state index is -0.591. The van der Waals surface area contributed by atoms with Crippen LogP contribution in [0.1, 0.15) is 36.0 Å². The molecule has 3 rings (SSSR count). The molecule has 1 atom stereocenters. The Morgan fingerprint density at radius 3 is 2.64 bits per heavy atom. The first-order valence-electron chi connectivity index (χ1n) is 9.52. The highest BCUT2D eigenvalue weighted by Gasteiger charge is 2.29. The lowest BCUT2D eigenvalue weighted by Gasteiger charge is -2.30. The Morgan fingerprint density at radius 2 is 1.96 bits per heavy atom. The van der Waals surface area contributed by atoms with Gasteiger partial charge in [0, 0.05) is 18.7 Å². The minimum Gasteiger partial charge on any atom is -0.486 e. The summed E-state index contributed by atoms with van der Waals surface area (Å²) in [5, 5.41) is 4.75. The molecule has 0 spiro atoms. The van der Waals surface area contributed by atoms with Gasteiger partial charge < -0.3 is 19.7 Å². The standard InChI is InChI=1S/C21H26N2O4S/c1-4-23(13-15-7-5-8-16-19(15)27-11-10-26-16)21(25)18(14(2)3)22-20(24)17-9-6-12-28-17/h5-9,12,14,18H,4,10-11,13H2,1-3H3,(H,22,24). The number of carbonyl (C=O) groups excluding carboxylic acids is 2. The average molecular weight is 403 g/mol. The number of amides is 2. The van der Waals surface area contributed by atoms with Crippen molar-refractivity contribution < 1.29 is 19.1 Å². The van der Waals surface area contributed by atoms with Crippen LogP contribution in [0.25, 0.3) is 0 Å². The van der Waals surface area contributed by atoms with Crippen molar-refractivity contribution in [3.05, 3.63) is 46.2 Å². The van der Waals surface area contributed by atoms with Gasteiger partial charge in [-0.1, -0.05) is 32.0 Å². The van der Waals surface area contributed by atoms with Crippen molar-refractivity contribution in [3.63, 3.8) is 0 Å². The van der Waals surface area contributed by atoms with E-state index in [-0.39, 0.29) is 17.7 Å². The zero-order valence-electron chi connectivity index (χ0n) is 16.4. The maximum absolute atomic E-state index is 13.2. The smallest absolute Gasteiger partial charge is 0.262 e. The van der Waals surface area contributed by atoms with Crippen LogP contribution < -0.4 is 14.8 Å². The highest BCUT2D eigenvalue weighted by atomic mass is 32.1. The fraction of sp³-hybridized carbons (Fsp3) is 0.429. The quantitative estimate of drug-likeness (QED) is 0.771. The van der Waals surface area contributed by atoms with Gasteiger partial charge in [-0.3, -0.25) is 9.59 Å². The van der Waals surface area contributed by atoms with Crippen LogP contribution in [0.3, 0.4) is 0 Å². The summed E-state index contributed by atoms with van der Waals surface area (Å²) in [6.07, 6.45) is 0. The molecular weight excluding hydrogens is 376 g/mol. The number of nitrogens with one attached hydrogen (secondary N) is 1. The average Bonchev–Trinajstić information content (AvgIpc) is 3.24. The van der Waals surface area contributed by atoms with Gasteiger partial charge in [0.15, 0.2) is 11.5 Å². The summed E-state index contributed by atoms with van der Waals surface area (Å²) in [6.45, 7) is 7.76. The summed E-state index contributed by atoms with van der Waals surface area (Å²) in [6, 6.07) is 8.70. The van der Waals surface area contributed by atoms with Gasteiger partial charge in [0.2, 0.25) is 5.91 Å². The Morgan fingerprint density at radius 1 is 1.18 bits per heavy atom. The molecule has 28 heavy (non-hydrogen) atoms. The van der Waals surface area contributed by atoms with Crippen LogP contribution in [0.4, 0.5) is 0 Å². The molecule has 0 saturated carbocycles. The Hall–Kier alpha value is -2.54. The molecule has 150 valence electrons. The molecule has 2 amide bonds. The summed E-state index contributed by atoms with van der Waals surface area (Å²) >= 11 is 1.36. The number of nitrogens with zero attached hydrogens (tertiary/aromatic N) is 1. The van der Waals surface area contributed by atoms with Crippen molar-refractivity contribution in [3.8, 4) is 11.5 Å². The van der Waals surface area contributed by atoms with E-state index in [1.165, 1.54) is 11.3 Å². The number of para-hydroxylation sites is 1. The van der Waals surface area contributed by atoms with Gasteiger partial charge in [-0.25, -0.2) is 0 Å². The molecule has 0 bridgehead atoms. The van der Waals surface area contributed by atoms with Crippen molar-refractivity contribution in [2.24, 2.45) is 5.92 Å². The van der Waals surface area contributed by atoms with E-state index in [0.29, 0.717) is 42.7 Å². The molecule has 1 aromatic heterocycles. The summed E-state index contributed by atoms with van der Waals surface area (Å²) in [7, 11) is 0. The SMILES string of the molecule is CCN(Cc1cccc2c1OCCO2)C(=O)C(NC(=O)c1cccs1)C(C)C. The van der Waals surface area contributed by atoms with Gasteiger partial charge in [-0.15, -0.1) is 11.3 Å². The summed E-state index contributed by atoms with van der Waals surface area (Å²) in [5.74, 6) is 1.06. The maximum Gasteiger partial charge on any atom is 0.262 e. The van der Waals surface area contributed by atoms with Crippen LogP contribution in [0, 0.1) is 5.92 Å². The van der Waals surface area contributed by atoms with E-state index in [1.807, 2.05) is 50.4 Å². The lowest BCUT2D eigenvalue weighted by Crippen LogP contribution is -2.50. The molecule has 1 aliphatic rings. The van der Waals surface area contributed by atoms with E-state index in [2.05, 4.69) is 5.32 Å². The Balaban J connectivity index is 1.76. The van der Waals surface area contributed by atoms with Crippen LogP contribution in [0.5, 0.6) is 11.5 Å². The van der Waals surface area contributed by atoms with Crippen LogP contribution in [0.15, 0.2) is 35.7 Å². The normalized spacial score (nSPS) is 13.9. The number of benzene rings is 1. The van der Waals surface area contributed by atoms with Crippen molar-refractivity contribution in [1.29, 1.82) is 0 Å². The first kappa shape index (κ1) is 20.2. The van der Waals surface area contributed by atoms with Gasteiger partial charge in [0.05, 0.1) is 4.88 Å². The molecule has 2 heterocycles. The van der Waals surface area contributed by atoms with E-state index in [9.17, 15) is 9.59 Å². The second-order valence-corrected chi connectivity index (χ2v) is 7.91. The third-order valence-electron chi connectivity index (χ3n) is 4.67. The van der Waals surface area contributed by atoms with Gasteiger partial charge in [0.25, 0.3) is 5.91 Å². The van der Waals surface area contributed by atoms with Gasteiger partial charge in [0.1, 0.15) is 19.3 Å². The van der Waals surface area contributed by atoms with Crippen LogP contribution in [-0.4, -0.2) is 42.5 Å². The zero-order valence-corrected chi connectivity index (χ0v) is 17.3. The summed E-state index contributed by atoms with van der Waals surface area (Å²) in [5.41, 5.74) is 0.902. The molecule has 6 nitrogen and oxygen atoms in total. The maximum atomic E-state index is 13.2. The van der Waals surface area contributed by atoms with Crippen molar-refractivity contribution in [2.75, 3.05) is 19.8 Å². The largest absolute Gasteiger partial charge is 0.486 e. The number of fused-ring (bicyclic) bond motifs is 1. The molecule has 1 unspecified atom stereocenters. The van der Waals surface area contributed by atoms with Crippen molar-refractivity contribution >= 4 is 23.2 Å². The van der Waals surface area contributed by atoms with Crippen LogP contribution >= 0.6 is 11.3 Å². The first-order chi connectivity index (χ1) is 13.5. The fourth-order valence-electron chi connectivity index (χ4n) is 3.14. The Kier molecular flexibility index (Phi) is 6.57. The number of carbonyl (C=O) groups is 2. The predicted octanol–water partition coefficient (Wildman–Crippen LogP) is 3.32. The lowest BCUT2D eigenvalue weighted by molar-refractivity contribution is -0.134. The van der Waals surface area contributed by atoms with E-state index >= 15 is 0 Å². The minimum absolute atomic E-state index is 0.0327. The Bertz CT molecular complexity index is 820. The van der Waals surface area contributed by atoms with Crippen LogP contribution in [-0.2, 0) is 11.3 Å². The van der Waals surface area contributed by atoms with Crippen molar-refractivity contribution in [1.82, 2.24) is 10.2 Å². The van der Waals surface area contributed by atoms with Crippen LogP contribution in [0.2, 0.25) is 0 Å². The number of hydrogen-bond acceptors (Lipinski definition) is 5. The Labute approximate surface area is 169 Å². The van der Waals surface area contributed by atoms with Crippen molar-refractivity contribution in [2.45, 2.75) is 33.4 Å². The number of likely N-dealkylation sites (N-methyl/N-ethyl adjacent to an activating group) is 1. The highest BCUT2D eigenvalue weighted by molar-refractivity contribution is 7.12. The van der Waals surface area contributed by atoms with E-state index in [4.69, 9.17) is 9.47 Å². The molecule has 1 aromatic carbocycles. The predicted molar refractivity (Wildman–Crippen MR) is 109 cm³/mol. The molecule has 1 aliphatic heterocycles. The first-order valence-corrected chi connectivity index (χ1v) is 10.4. The number of rotatable bonds is 7. The molecule has 2 aromatic rings. The van der Waals surface area contributed by atoms with E-state index in [0.717, 1.165) is 5.56 Å². The third-order valence-corrected chi connectivity index (χ3v) is 5.54. The molecular formula is C21H26N2O4S. The van der Waals surface area contributed by atoms with E-state index < -0.39 is 6.04 Å². The monoisotopic (exact) mass is 402 g/mol. The summed E-state index contributed by atoms with van der Waals surface area (Å²) < 4.78 is 11.4. The number of thiophene rings is 1. The molecule has 1 N–H and O–H groups in total. The van der Waals surface area contributed by atoms with Gasteiger partial charge in [-0.05, 0) is 30.4 Å². The fourth-order valence-corrected chi connectivity index (χ4v) is 3.77. The molecule has 0 saturated heterocycles. The highest BCUT2D eigenvalue weighted by Crippen LogP contribution is 2.34. The third kappa shape index (κ3) is 4.47. The molecule has 0 radical (unpaired) electrons. The molecule has 0 aliphatic carbocycles. The van der Waals surface area contributed by atoms with Gasteiger partial charge in [-0.2, -0.15) is 0 Å². The second-order valence-electron chi connectivity index (χ2n) is 6.97. The number of ether oxygens (including phenoxy) is 2. The topological polar surface area (TPSA) is 67.9 Å². The van der Waals surface area contributed by atoms with Gasteiger partial charge >= 0.3 is 0 Å². The molecule has 7 heteroatoms. The number of hydrogen-bond donors (Lipinski definition) is 1. The molecule has 0 fully saturated rings. The summed E-state index contributed by atoms with van der Waals surface area (Å²) in [4.78, 5) is 28.1. The second kappa shape index (κ2) is 9.10. The zero-order chi connectivity index (χ0) is 20.1.